The minimum Gasteiger partial charge on any atom is -0.486 e. The molecule has 0 spiro atoms. The third kappa shape index (κ3) is 5.38. The van der Waals surface area contributed by atoms with E-state index in [4.69, 9.17) is 20.8 Å². The fraction of sp³-hybridized carbons (Fsp3) is 0.136. The molecule has 0 aliphatic carbocycles. The van der Waals surface area contributed by atoms with Crippen LogP contribution >= 0.6 is 11.6 Å². The van der Waals surface area contributed by atoms with Crippen LogP contribution in [-0.4, -0.2) is 25.6 Å². The summed E-state index contributed by atoms with van der Waals surface area (Å²) in [7, 11) is 0. The molecule has 1 amide bonds. The Morgan fingerprint density at radius 3 is 2.82 bits per heavy atom. The largest absolute Gasteiger partial charge is 0.486 e. The van der Waals surface area contributed by atoms with E-state index in [-0.39, 0.29) is 35.6 Å². The van der Waals surface area contributed by atoms with Crippen LogP contribution in [0.25, 0.3) is 0 Å². The van der Waals surface area contributed by atoms with Gasteiger partial charge in [-0.05, 0) is 48.9 Å². The molecule has 4 aromatic rings. The Labute approximate surface area is 197 Å². The first kappa shape index (κ1) is 22.9. The fourth-order valence-electron chi connectivity index (χ4n) is 3.07. The first-order valence-corrected chi connectivity index (χ1v) is 10.3. The molecular weight excluding hydrogens is 469 g/mol. The zero-order chi connectivity index (χ0) is 24.2. The van der Waals surface area contributed by atoms with Crippen molar-refractivity contribution >= 4 is 29.1 Å². The van der Waals surface area contributed by atoms with E-state index in [9.17, 15) is 19.3 Å². The van der Waals surface area contributed by atoms with Gasteiger partial charge in [0.15, 0.2) is 5.76 Å². The lowest BCUT2D eigenvalue weighted by Crippen LogP contribution is -2.12. The smallest absolute Gasteiger partial charge is 0.293 e. The van der Waals surface area contributed by atoms with Gasteiger partial charge in [-0.3, -0.25) is 20.2 Å². The molecule has 2 aromatic carbocycles. The molecule has 0 saturated heterocycles. The maximum atomic E-state index is 13.2. The number of nitrogens with zero attached hydrogens (tertiary/aromatic N) is 4. The molecule has 12 heteroatoms. The Hall–Kier alpha value is -4.25. The second-order valence-corrected chi connectivity index (χ2v) is 7.62. The van der Waals surface area contributed by atoms with Gasteiger partial charge in [0.1, 0.15) is 30.3 Å². The Morgan fingerprint density at radius 1 is 1.26 bits per heavy atom. The summed E-state index contributed by atoms with van der Waals surface area (Å²) >= 11 is 6.02. The normalized spacial score (nSPS) is 10.8. The zero-order valence-corrected chi connectivity index (χ0v) is 18.5. The van der Waals surface area contributed by atoms with Crippen molar-refractivity contribution in [2.45, 2.75) is 20.1 Å². The molecule has 0 aliphatic rings. The lowest BCUT2D eigenvalue weighted by molar-refractivity contribution is -0.385. The summed E-state index contributed by atoms with van der Waals surface area (Å²) in [6, 6.07) is 11.5. The van der Waals surface area contributed by atoms with Crippen molar-refractivity contribution in [2.75, 3.05) is 5.32 Å². The van der Waals surface area contributed by atoms with E-state index in [1.165, 1.54) is 41.3 Å². The van der Waals surface area contributed by atoms with Gasteiger partial charge in [-0.25, -0.2) is 14.1 Å². The van der Waals surface area contributed by atoms with Crippen LogP contribution in [-0.2, 0) is 13.2 Å². The molecule has 2 heterocycles. The van der Waals surface area contributed by atoms with Gasteiger partial charge in [-0.1, -0.05) is 17.7 Å². The highest BCUT2D eigenvalue weighted by atomic mass is 35.5. The highest BCUT2D eigenvalue weighted by Crippen LogP contribution is 2.24. The van der Waals surface area contributed by atoms with Crippen molar-refractivity contribution < 1.29 is 23.3 Å². The van der Waals surface area contributed by atoms with E-state index in [0.29, 0.717) is 22.6 Å². The first-order valence-electron chi connectivity index (χ1n) is 9.90. The van der Waals surface area contributed by atoms with Crippen LogP contribution in [0, 0.1) is 22.9 Å². The van der Waals surface area contributed by atoms with E-state index in [1.807, 2.05) is 0 Å². The monoisotopic (exact) mass is 485 g/mol. The van der Waals surface area contributed by atoms with Gasteiger partial charge in [0.2, 0.25) is 5.95 Å². The van der Waals surface area contributed by atoms with E-state index in [2.05, 4.69) is 15.4 Å². The average Bonchev–Trinajstić information content (AvgIpc) is 3.43. The maximum absolute atomic E-state index is 13.2. The number of amides is 1. The molecule has 0 radical (unpaired) electrons. The van der Waals surface area contributed by atoms with Crippen molar-refractivity contribution in [1.82, 2.24) is 14.8 Å². The Kier molecular flexibility index (Phi) is 6.55. The minimum atomic E-state index is -0.560. The molecule has 10 nitrogen and oxygen atoms in total. The van der Waals surface area contributed by atoms with Crippen molar-refractivity contribution in [1.29, 1.82) is 0 Å². The van der Waals surface area contributed by atoms with E-state index >= 15 is 0 Å². The lowest BCUT2D eigenvalue weighted by atomic mass is 10.2. The topological polar surface area (TPSA) is 125 Å². The Bertz CT molecular complexity index is 1370. The number of rotatable bonds is 8. The van der Waals surface area contributed by atoms with Crippen LogP contribution in [0.1, 0.15) is 27.4 Å². The van der Waals surface area contributed by atoms with Crippen LogP contribution in [0.4, 0.5) is 16.0 Å². The minimum absolute atomic E-state index is 0.00104. The molecule has 1 N–H and O–H groups in total. The fourth-order valence-corrected chi connectivity index (χ4v) is 3.30. The standard InChI is InChI=1S/C22H17ClFN5O5/c1-13-8-16(4-6-19(13)29(31)32)33-11-17-5-7-20(34-17)21(30)26-22-25-12-28(27-22)10-14-2-3-15(24)9-18(14)23/h2-9,12H,10-11H2,1H3,(H,26,27,30). The summed E-state index contributed by atoms with van der Waals surface area (Å²) in [6.45, 7) is 1.88. The predicted molar refractivity (Wildman–Crippen MR) is 119 cm³/mol. The second kappa shape index (κ2) is 9.71. The number of halogens is 2. The summed E-state index contributed by atoms with van der Waals surface area (Å²) in [4.78, 5) is 26.9. The van der Waals surface area contributed by atoms with E-state index in [0.717, 1.165) is 0 Å². The van der Waals surface area contributed by atoms with Crippen molar-refractivity contribution in [2.24, 2.45) is 0 Å². The molecule has 4 rings (SSSR count). The van der Waals surface area contributed by atoms with Gasteiger partial charge in [-0.2, -0.15) is 0 Å². The summed E-state index contributed by atoms with van der Waals surface area (Å²) < 4.78 is 25.7. The lowest BCUT2D eigenvalue weighted by Gasteiger charge is -2.05. The SMILES string of the molecule is Cc1cc(OCc2ccc(C(=O)Nc3ncn(Cc4ccc(F)cc4Cl)n3)o2)ccc1[N+](=O)[O-]. The van der Waals surface area contributed by atoms with Crippen LogP contribution in [0.15, 0.2) is 59.3 Å². The van der Waals surface area contributed by atoms with Gasteiger partial charge < -0.3 is 9.15 Å². The van der Waals surface area contributed by atoms with Gasteiger partial charge in [-0.15, -0.1) is 5.10 Å². The summed E-state index contributed by atoms with van der Waals surface area (Å²) in [5.41, 5.74) is 1.11. The molecular formula is C22H17ClFN5O5. The van der Waals surface area contributed by atoms with Crippen molar-refractivity contribution in [3.8, 4) is 5.75 Å². The Balaban J connectivity index is 1.34. The predicted octanol–water partition coefficient (Wildman–Crippen LogP) is 4.76. The van der Waals surface area contributed by atoms with Crippen LogP contribution < -0.4 is 10.1 Å². The number of carbonyl (C=O) groups excluding carboxylic acids is 1. The van der Waals surface area contributed by atoms with E-state index in [1.54, 1.807) is 25.1 Å². The number of anilines is 1. The van der Waals surface area contributed by atoms with Gasteiger partial charge in [0.05, 0.1) is 11.5 Å². The molecule has 2 aromatic heterocycles. The number of nitro groups is 1. The van der Waals surface area contributed by atoms with Gasteiger partial charge in [0, 0.05) is 16.7 Å². The number of aryl methyl sites for hydroxylation is 1. The second-order valence-electron chi connectivity index (χ2n) is 7.22. The molecule has 0 aliphatic heterocycles. The number of hydrogen-bond acceptors (Lipinski definition) is 7. The molecule has 0 atom stereocenters. The summed E-state index contributed by atoms with van der Waals surface area (Å²) in [5, 5.41) is 17.8. The average molecular weight is 486 g/mol. The van der Waals surface area contributed by atoms with Crippen LogP contribution in [0.3, 0.4) is 0 Å². The summed E-state index contributed by atoms with van der Waals surface area (Å²) in [5.74, 6) is -0.108. The maximum Gasteiger partial charge on any atom is 0.293 e. The number of aromatic nitrogens is 3. The van der Waals surface area contributed by atoms with Crippen molar-refractivity contribution in [3.63, 3.8) is 0 Å². The number of nitrogens with one attached hydrogen (secondary N) is 1. The molecule has 0 saturated carbocycles. The quantitative estimate of drug-likeness (QED) is 0.281. The van der Waals surface area contributed by atoms with E-state index < -0.39 is 16.6 Å². The number of ether oxygens (including phenoxy) is 1. The highest BCUT2D eigenvalue weighted by molar-refractivity contribution is 6.31. The van der Waals surface area contributed by atoms with Crippen LogP contribution in [0.5, 0.6) is 5.75 Å². The highest BCUT2D eigenvalue weighted by Gasteiger charge is 2.15. The molecule has 174 valence electrons. The molecule has 0 fully saturated rings. The first-order chi connectivity index (χ1) is 16.3. The van der Waals surface area contributed by atoms with Crippen LogP contribution in [0.2, 0.25) is 5.02 Å². The van der Waals surface area contributed by atoms with Gasteiger partial charge >= 0.3 is 0 Å². The third-order valence-corrected chi connectivity index (χ3v) is 5.09. The number of nitro benzene ring substituents is 1. The zero-order valence-electron chi connectivity index (χ0n) is 17.7. The summed E-state index contributed by atoms with van der Waals surface area (Å²) in [6.07, 6.45) is 1.41. The Morgan fingerprint density at radius 2 is 2.09 bits per heavy atom. The number of hydrogen-bond donors (Lipinski definition) is 1. The number of furan rings is 1. The third-order valence-electron chi connectivity index (χ3n) is 4.74. The number of carbonyl (C=O) groups is 1. The molecule has 34 heavy (non-hydrogen) atoms. The van der Waals surface area contributed by atoms with Crippen molar-refractivity contribution in [3.05, 3.63) is 98.5 Å². The molecule has 0 bridgehead atoms. The molecule has 0 unspecified atom stereocenters. The van der Waals surface area contributed by atoms with Gasteiger partial charge in [0.25, 0.3) is 11.6 Å². The number of benzene rings is 2.